The molecule has 0 radical (unpaired) electrons. The standard InChI is InChI=1S/C17H36N2O4.2C2H6.H2/c1-2-3-9-20-11-13-22-15-16-23-14-12-21-10-8-19-6-4-17(18)5-7-19;2*1-2;/h17H,2-16,18H2,1H3;2*1-2H3;1H. The van der Waals surface area contributed by atoms with E-state index in [9.17, 15) is 0 Å². The minimum absolute atomic E-state index is 0. The summed E-state index contributed by atoms with van der Waals surface area (Å²) >= 11 is 0. The van der Waals surface area contributed by atoms with Crippen LogP contribution in [0.2, 0.25) is 0 Å². The van der Waals surface area contributed by atoms with Gasteiger partial charge >= 0.3 is 0 Å². The van der Waals surface area contributed by atoms with Crippen molar-refractivity contribution in [3.63, 3.8) is 0 Å². The highest BCUT2D eigenvalue weighted by atomic mass is 16.6. The molecular weight excluding hydrogens is 344 g/mol. The second-order valence-electron chi connectivity index (χ2n) is 5.98. The molecule has 0 aromatic heterocycles. The predicted octanol–water partition coefficient (Wildman–Crippen LogP) is 3.57. The molecule has 1 fully saturated rings. The summed E-state index contributed by atoms with van der Waals surface area (Å²) in [5.41, 5.74) is 5.89. The number of ether oxygens (including phenoxy) is 4. The Hall–Kier alpha value is -0.240. The molecule has 1 rings (SSSR count). The van der Waals surface area contributed by atoms with Crippen LogP contribution >= 0.6 is 0 Å². The van der Waals surface area contributed by atoms with Crippen molar-refractivity contribution in [1.82, 2.24) is 4.90 Å². The summed E-state index contributed by atoms with van der Waals surface area (Å²) in [6.45, 7) is 18.8. The Morgan fingerprint density at radius 3 is 1.59 bits per heavy atom. The third kappa shape index (κ3) is 21.9. The summed E-state index contributed by atoms with van der Waals surface area (Å²) in [5.74, 6) is 0. The Bertz CT molecular complexity index is 257. The van der Waals surface area contributed by atoms with Crippen LogP contribution in [0.25, 0.3) is 0 Å². The van der Waals surface area contributed by atoms with E-state index in [0.29, 0.717) is 45.7 Å². The molecule has 168 valence electrons. The zero-order chi connectivity index (χ0) is 20.6. The minimum atomic E-state index is 0. The van der Waals surface area contributed by atoms with E-state index >= 15 is 0 Å². The van der Waals surface area contributed by atoms with Crippen LogP contribution in [-0.4, -0.2) is 83.4 Å². The van der Waals surface area contributed by atoms with Crippen molar-refractivity contribution in [3.8, 4) is 0 Å². The number of nitrogens with two attached hydrogens (primary N) is 1. The number of nitrogens with zero attached hydrogens (tertiary/aromatic N) is 1. The van der Waals surface area contributed by atoms with Crippen LogP contribution in [-0.2, 0) is 18.9 Å². The average Bonchev–Trinajstić information content (AvgIpc) is 2.72. The summed E-state index contributed by atoms with van der Waals surface area (Å²) in [7, 11) is 0. The fourth-order valence-corrected chi connectivity index (χ4v) is 2.38. The van der Waals surface area contributed by atoms with E-state index in [-0.39, 0.29) is 1.43 Å². The summed E-state index contributed by atoms with van der Waals surface area (Å²) in [4.78, 5) is 2.42. The molecule has 0 unspecified atom stereocenters. The number of hydrogen-bond acceptors (Lipinski definition) is 6. The second-order valence-corrected chi connectivity index (χ2v) is 5.98. The Balaban J connectivity index is -0.00000117. The molecule has 1 heterocycles. The maximum Gasteiger partial charge on any atom is 0.0701 e. The highest BCUT2D eigenvalue weighted by Crippen LogP contribution is 2.07. The highest BCUT2D eigenvalue weighted by Gasteiger charge is 2.14. The van der Waals surface area contributed by atoms with Crippen molar-refractivity contribution in [3.05, 3.63) is 0 Å². The van der Waals surface area contributed by atoms with Gasteiger partial charge in [-0.1, -0.05) is 41.0 Å². The molecule has 0 bridgehead atoms. The van der Waals surface area contributed by atoms with Gasteiger partial charge in [0.1, 0.15) is 0 Å². The van der Waals surface area contributed by atoms with Crippen molar-refractivity contribution in [2.24, 2.45) is 5.73 Å². The molecule has 1 aliphatic heterocycles. The fraction of sp³-hybridized carbons (Fsp3) is 1.00. The fourth-order valence-electron chi connectivity index (χ4n) is 2.38. The number of rotatable bonds is 15. The van der Waals surface area contributed by atoms with Crippen LogP contribution in [0.1, 0.15) is 61.7 Å². The first kappa shape index (κ1) is 29.0. The largest absolute Gasteiger partial charge is 0.379 e. The molecule has 0 saturated carbocycles. The van der Waals surface area contributed by atoms with E-state index < -0.39 is 0 Å². The topological polar surface area (TPSA) is 66.2 Å². The lowest BCUT2D eigenvalue weighted by molar-refractivity contribution is -0.00458. The summed E-state index contributed by atoms with van der Waals surface area (Å²) in [5, 5.41) is 0. The van der Waals surface area contributed by atoms with Crippen LogP contribution in [0.5, 0.6) is 0 Å². The van der Waals surface area contributed by atoms with Crippen LogP contribution < -0.4 is 5.73 Å². The SMILES string of the molecule is CC.CC.CCCCOCCOCCOCCOCCN1CCC(N)CC1.[HH]. The molecule has 0 atom stereocenters. The predicted molar refractivity (Wildman–Crippen MR) is 117 cm³/mol. The number of unbranched alkanes of at least 4 members (excludes halogenated alkanes) is 1. The van der Waals surface area contributed by atoms with Gasteiger partial charge in [-0.2, -0.15) is 0 Å². The zero-order valence-corrected chi connectivity index (χ0v) is 18.8. The van der Waals surface area contributed by atoms with Gasteiger partial charge in [0.15, 0.2) is 0 Å². The van der Waals surface area contributed by atoms with E-state index in [0.717, 1.165) is 52.1 Å². The lowest BCUT2D eigenvalue weighted by Crippen LogP contribution is -2.41. The molecule has 0 amide bonds. The van der Waals surface area contributed by atoms with Gasteiger partial charge in [0.2, 0.25) is 0 Å². The van der Waals surface area contributed by atoms with E-state index in [1.807, 2.05) is 27.7 Å². The summed E-state index contributed by atoms with van der Waals surface area (Å²) in [6.07, 6.45) is 4.50. The molecule has 0 spiro atoms. The summed E-state index contributed by atoms with van der Waals surface area (Å²) < 4.78 is 21.9. The maximum atomic E-state index is 5.89. The molecule has 27 heavy (non-hydrogen) atoms. The van der Waals surface area contributed by atoms with Crippen molar-refractivity contribution in [2.75, 3.05) is 72.5 Å². The van der Waals surface area contributed by atoms with E-state index in [1.54, 1.807) is 0 Å². The van der Waals surface area contributed by atoms with Crippen LogP contribution in [0, 0.1) is 0 Å². The smallest absolute Gasteiger partial charge is 0.0701 e. The molecule has 0 aliphatic carbocycles. The van der Waals surface area contributed by atoms with E-state index in [1.165, 1.54) is 6.42 Å². The highest BCUT2D eigenvalue weighted by molar-refractivity contribution is 4.73. The maximum absolute atomic E-state index is 5.89. The van der Waals surface area contributed by atoms with Gasteiger partial charge in [0, 0.05) is 20.6 Å². The van der Waals surface area contributed by atoms with Gasteiger partial charge < -0.3 is 29.6 Å². The Labute approximate surface area is 170 Å². The normalized spacial score (nSPS) is 14.9. The lowest BCUT2D eigenvalue weighted by Gasteiger charge is -2.29. The molecular formula is C21H50N2O4. The Morgan fingerprint density at radius 1 is 0.741 bits per heavy atom. The van der Waals surface area contributed by atoms with Gasteiger partial charge in [-0.05, 0) is 32.4 Å². The third-order valence-corrected chi connectivity index (χ3v) is 3.94. The molecule has 0 aromatic carbocycles. The number of likely N-dealkylation sites (tertiary alicyclic amines) is 1. The number of hydrogen-bond donors (Lipinski definition) is 1. The zero-order valence-electron chi connectivity index (χ0n) is 18.8. The monoisotopic (exact) mass is 394 g/mol. The number of piperidine rings is 1. The molecule has 6 nitrogen and oxygen atoms in total. The van der Waals surface area contributed by atoms with E-state index in [4.69, 9.17) is 24.7 Å². The lowest BCUT2D eigenvalue weighted by atomic mass is 10.1. The molecule has 0 aromatic rings. The average molecular weight is 395 g/mol. The molecule has 1 saturated heterocycles. The van der Waals surface area contributed by atoms with Crippen molar-refractivity contribution >= 4 is 0 Å². The van der Waals surface area contributed by atoms with Gasteiger partial charge in [-0.25, -0.2) is 0 Å². The first-order chi connectivity index (χ1) is 13.3. The first-order valence-electron chi connectivity index (χ1n) is 11.1. The van der Waals surface area contributed by atoms with Crippen molar-refractivity contribution in [1.29, 1.82) is 0 Å². The second kappa shape index (κ2) is 25.8. The molecule has 6 heteroatoms. The van der Waals surface area contributed by atoms with Gasteiger partial charge in [0.25, 0.3) is 0 Å². The quantitative estimate of drug-likeness (QED) is 0.428. The summed E-state index contributed by atoms with van der Waals surface area (Å²) in [6, 6.07) is 0.394. The van der Waals surface area contributed by atoms with Crippen molar-refractivity contribution in [2.45, 2.75) is 66.3 Å². The first-order valence-corrected chi connectivity index (χ1v) is 11.1. The minimum Gasteiger partial charge on any atom is -0.379 e. The van der Waals surface area contributed by atoms with Gasteiger partial charge in [-0.15, -0.1) is 0 Å². The van der Waals surface area contributed by atoms with Gasteiger partial charge in [-0.3, -0.25) is 0 Å². The van der Waals surface area contributed by atoms with Crippen LogP contribution in [0.3, 0.4) is 0 Å². The van der Waals surface area contributed by atoms with E-state index in [2.05, 4.69) is 11.8 Å². The van der Waals surface area contributed by atoms with Gasteiger partial charge in [0.05, 0.1) is 46.2 Å². The third-order valence-electron chi connectivity index (χ3n) is 3.94. The molecule has 1 aliphatic rings. The molecule has 2 N–H and O–H groups in total. The van der Waals surface area contributed by atoms with Crippen LogP contribution in [0.15, 0.2) is 0 Å². The van der Waals surface area contributed by atoms with Crippen LogP contribution in [0.4, 0.5) is 0 Å². The Morgan fingerprint density at radius 2 is 1.15 bits per heavy atom. The Kier molecular flexibility index (Phi) is 27.6. The van der Waals surface area contributed by atoms with Crippen molar-refractivity contribution < 1.29 is 20.4 Å².